The Morgan fingerprint density at radius 1 is 1.55 bits per heavy atom. The lowest BCUT2D eigenvalue weighted by Gasteiger charge is -2.32. The Hall–Kier alpha value is -1.93. The van der Waals surface area contributed by atoms with Crippen molar-refractivity contribution in [1.82, 2.24) is 15.2 Å². The number of nitrogens with one attached hydrogen (secondary N) is 1. The monoisotopic (exact) mass is 300 g/mol. The predicted molar refractivity (Wildman–Crippen MR) is 85.4 cm³/mol. The molecule has 1 saturated heterocycles. The minimum absolute atomic E-state index is 0.113. The van der Waals surface area contributed by atoms with Crippen molar-refractivity contribution in [1.29, 1.82) is 5.26 Å². The molecule has 1 amide bonds. The van der Waals surface area contributed by atoms with Crippen LogP contribution in [-0.4, -0.2) is 42.0 Å². The van der Waals surface area contributed by atoms with Gasteiger partial charge in [-0.15, -0.1) is 0 Å². The second-order valence-electron chi connectivity index (χ2n) is 5.90. The van der Waals surface area contributed by atoms with E-state index in [1.165, 1.54) is 38.5 Å². The van der Waals surface area contributed by atoms with Crippen LogP contribution >= 0.6 is 0 Å². The molecule has 0 aliphatic carbocycles. The number of likely N-dealkylation sites (tertiary alicyclic amines) is 1. The maximum Gasteiger partial charge on any atom is 0.252 e. The van der Waals surface area contributed by atoms with E-state index in [2.05, 4.69) is 22.1 Å². The van der Waals surface area contributed by atoms with E-state index >= 15 is 0 Å². The molecule has 0 unspecified atom stereocenters. The fraction of sp³-hybridized carbons (Fsp3) is 0.588. The summed E-state index contributed by atoms with van der Waals surface area (Å²) in [5.74, 6) is 0.568. The van der Waals surface area contributed by atoms with E-state index in [1.807, 2.05) is 6.07 Å². The number of amides is 1. The average Bonchev–Trinajstić information content (AvgIpc) is 2.55. The van der Waals surface area contributed by atoms with Crippen LogP contribution in [0.4, 0.5) is 0 Å². The summed E-state index contributed by atoms with van der Waals surface area (Å²) in [7, 11) is 0. The van der Waals surface area contributed by atoms with Gasteiger partial charge < -0.3 is 10.2 Å². The van der Waals surface area contributed by atoms with Gasteiger partial charge in [-0.05, 0) is 56.8 Å². The lowest BCUT2D eigenvalue weighted by molar-refractivity contribution is 0.0946. The smallest absolute Gasteiger partial charge is 0.252 e. The summed E-state index contributed by atoms with van der Waals surface area (Å²) in [4.78, 5) is 18.5. The first-order chi connectivity index (χ1) is 10.7. The zero-order chi connectivity index (χ0) is 15.8. The van der Waals surface area contributed by atoms with E-state index in [9.17, 15) is 4.79 Å². The summed E-state index contributed by atoms with van der Waals surface area (Å²) in [6, 6.07) is 5.16. The van der Waals surface area contributed by atoms with Crippen molar-refractivity contribution in [2.75, 3.05) is 26.2 Å². The van der Waals surface area contributed by atoms with Crippen LogP contribution in [0.15, 0.2) is 18.3 Å². The topological polar surface area (TPSA) is 69.0 Å². The Kier molecular flexibility index (Phi) is 6.35. The van der Waals surface area contributed by atoms with Gasteiger partial charge >= 0.3 is 0 Å². The zero-order valence-electron chi connectivity index (χ0n) is 13.2. The van der Waals surface area contributed by atoms with E-state index in [4.69, 9.17) is 5.26 Å². The molecule has 1 aromatic heterocycles. The zero-order valence-corrected chi connectivity index (χ0v) is 13.2. The minimum Gasteiger partial charge on any atom is -0.352 e. The van der Waals surface area contributed by atoms with E-state index in [0.717, 1.165) is 13.0 Å². The summed E-state index contributed by atoms with van der Waals surface area (Å²) in [6.07, 6.45) is 6.20. The van der Waals surface area contributed by atoms with Crippen molar-refractivity contribution in [3.63, 3.8) is 0 Å². The number of piperidine rings is 1. The van der Waals surface area contributed by atoms with Gasteiger partial charge in [-0.25, -0.2) is 4.98 Å². The molecule has 2 heterocycles. The number of rotatable bonds is 6. The second-order valence-corrected chi connectivity index (χ2v) is 5.90. The second kappa shape index (κ2) is 8.50. The summed E-state index contributed by atoms with van der Waals surface area (Å²) in [5, 5.41) is 11.6. The third-order valence-electron chi connectivity index (χ3n) is 4.12. The lowest BCUT2D eigenvalue weighted by atomic mass is 9.94. The van der Waals surface area contributed by atoms with Crippen LogP contribution in [0.1, 0.15) is 48.7 Å². The number of nitriles is 1. The van der Waals surface area contributed by atoms with Crippen LogP contribution in [0.2, 0.25) is 0 Å². The standard InChI is InChI=1S/C17H24N4O/c1-2-9-21-10-3-4-14(13-21)7-8-19-17(22)15-5-6-16(11-18)20-12-15/h5-6,12,14H,2-4,7-10,13H2,1H3,(H,19,22)/t14-/m1/s1. The normalized spacial score (nSPS) is 18.6. The Balaban J connectivity index is 1.73. The highest BCUT2D eigenvalue weighted by Gasteiger charge is 2.19. The van der Waals surface area contributed by atoms with Gasteiger partial charge in [0.05, 0.1) is 5.56 Å². The number of pyridine rings is 1. The maximum atomic E-state index is 12.0. The van der Waals surface area contributed by atoms with Crippen molar-refractivity contribution in [3.05, 3.63) is 29.6 Å². The van der Waals surface area contributed by atoms with Crippen molar-refractivity contribution >= 4 is 5.91 Å². The van der Waals surface area contributed by atoms with Gasteiger partial charge in [0.25, 0.3) is 5.91 Å². The fourth-order valence-corrected chi connectivity index (χ4v) is 2.99. The summed E-state index contributed by atoms with van der Waals surface area (Å²) >= 11 is 0. The van der Waals surface area contributed by atoms with Crippen LogP contribution in [0.5, 0.6) is 0 Å². The molecule has 5 nitrogen and oxygen atoms in total. The van der Waals surface area contributed by atoms with Crippen molar-refractivity contribution in [2.24, 2.45) is 5.92 Å². The third kappa shape index (κ3) is 4.81. The molecule has 1 N–H and O–H groups in total. The van der Waals surface area contributed by atoms with Crippen LogP contribution in [-0.2, 0) is 0 Å². The van der Waals surface area contributed by atoms with Gasteiger partial charge in [0, 0.05) is 19.3 Å². The highest BCUT2D eigenvalue weighted by Crippen LogP contribution is 2.19. The number of carbonyl (C=O) groups excluding carboxylic acids is 1. The first-order valence-corrected chi connectivity index (χ1v) is 8.09. The number of nitrogens with zero attached hydrogens (tertiary/aromatic N) is 3. The molecule has 1 aliphatic rings. The maximum absolute atomic E-state index is 12.0. The molecule has 5 heteroatoms. The quantitative estimate of drug-likeness (QED) is 0.874. The molecule has 22 heavy (non-hydrogen) atoms. The Labute approximate surface area is 132 Å². The van der Waals surface area contributed by atoms with Crippen LogP contribution in [0.25, 0.3) is 0 Å². The molecule has 1 aromatic rings. The first-order valence-electron chi connectivity index (χ1n) is 8.09. The van der Waals surface area contributed by atoms with Gasteiger partial charge in [-0.1, -0.05) is 6.92 Å². The van der Waals surface area contributed by atoms with Gasteiger partial charge in [0.2, 0.25) is 0 Å². The number of hydrogen-bond donors (Lipinski definition) is 1. The Morgan fingerprint density at radius 2 is 2.41 bits per heavy atom. The molecule has 1 fully saturated rings. The van der Waals surface area contributed by atoms with E-state index in [-0.39, 0.29) is 5.91 Å². The lowest BCUT2D eigenvalue weighted by Crippen LogP contribution is -2.37. The van der Waals surface area contributed by atoms with E-state index < -0.39 is 0 Å². The molecular weight excluding hydrogens is 276 g/mol. The van der Waals surface area contributed by atoms with Gasteiger partial charge in [0.1, 0.15) is 11.8 Å². The van der Waals surface area contributed by atoms with E-state index in [1.54, 1.807) is 12.1 Å². The highest BCUT2D eigenvalue weighted by molar-refractivity contribution is 5.93. The minimum atomic E-state index is -0.113. The van der Waals surface area contributed by atoms with E-state index in [0.29, 0.717) is 23.7 Å². The third-order valence-corrected chi connectivity index (χ3v) is 4.12. The molecule has 0 radical (unpaired) electrons. The molecule has 118 valence electrons. The Bertz CT molecular complexity index is 518. The number of hydrogen-bond acceptors (Lipinski definition) is 4. The highest BCUT2D eigenvalue weighted by atomic mass is 16.1. The Morgan fingerprint density at radius 3 is 3.09 bits per heavy atom. The molecule has 1 aliphatic heterocycles. The van der Waals surface area contributed by atoms with Gasteiger partial charge in [0.15, 0.2) is 0 Å². The molecule has 0 bridgehead atoms. The molecule has 2 rings (SSSR count). The van der Waals surface area contributed by atoms with Crippen LogP contribution in [0, 0.1) is 17.2 Å². The molecular formula is C17H24N4O. The number of carbonyl (C=O) groups is 1. The van der Waals surface area contributed by atoms with Crippen LogP contribution in [0.3, 0.4) is 0 Å². The number of aromatic nitrogens is 1. The summed E-state index contributed by atoms with van der Waals surface area (Å²) < 4.78 is 0. The van der Waals surface area contributed by atoms with Crippen molar-refractivity contribution in [3.8, 4) is 6.07 Å². The van der Waals surface area contributed by atoms with Crippen molar-refractivity contribution < 1.29 is 4.79 Å². The molecule has 0 spiro atoms. The van der Waals surface area contributed by atoms with Crippen LogP contribution < -0.4 is 5.32 Å². The first kappa shape index (κ1) is 16.4. The summed E-state index contributed by atoms with van der Waals surface area (Å²) in [5.41, 5.74) is 0.838. The molecule has 0 aromatic carbocycles. The molecule has 1 atom stereocenters. The predicted octanol–water partition coefficient (Wildman–Crippen LogP) is 2.20. The van der Waals surface area contributed by atoms with Crippen molar-refractivity contribution in [2.45, 2.75) is 32.6 Å². The molecule has 0 saturated carbocycles. The SMILES string of the molecule is CCCN1CCC[C@H](CCNC(=O)c2ccc(C#N)nc2)C1. The largest absolute Gasteiger partial charge is 0.352 e. The summed E-state index contributed by atoms with van der Waals surface area (Å²) in [6.45, 7) is 6.47. The van der Waals surface area contributed by atoms with Gasteiger partial charge in [-0.2, -0.15) is 5.26 Å². The van der Waals surface area contributed by atoms with Gasteiger partial charge in [-0.3, -0.25) is 4.79 Å². The average molecular weight is 300 g/mol. The fourth-order valence-electron chi connectivity index (χ4n) is 2.99.